The molecule has 1 unspecified atom stereocenters. The lowest BCUT2D eigenvalue weighted by molar-refractivity contribution is -0.139. The summed E-state index contributed by atoms with van der Waals surface area (Å²) in [5.74, 6) is 4.16. The highest BCUT2D eigenvalue weighted by Gasteiger charge is 2.52. The molecule has 134 valence electrons. The van der Waals surface area contributed by atoms with Crippen LogP contribution in [0.15, 0.2) is 24.3 Å². The van der Waals surface area contributed by atoms with Crippen LogP contribution >= 0.6 is 23.4 Å². The number of nitrogens with zero attached hydrogens (tertiary/aromatic N) is 1. The largest absolute Gasteiger partial charge is 0.326 e. The highest BCUT2D eigenvalue weighted by molar-refractivity contribution is 7.99. The molecule has 5 aliphatic rings. The van der Waals surface area contributed by atoms with Gasteiger partial charge in [-0.25, -0.2) is 0 Å². The van der Waals surface area contributed by atoms with Gasteiger partial charge in [0, 0.05) is 23.7 Å². The Bertz CT molecular complexity index is 655. The summed E-state index contributed by atoms with van der Waals surface area (Å²) in [5, 5.41) is 0.915. The summed E-state index contributed by atoms with van der Waals surface area (Å²) in [7, 11) is 0. The Morgan fingerprint density at radius 1 is 1.16 bits per heavy atom. The summed E-state index contributed by atoms with van der Waals surface area (Å²) >= 11 is 8.06. The molecule has 4 bridgehead atoms. The van der Waals surface area contributed by atoms with Gasteiger partial charge in [0.05, 0.1) is 0 Å². The molecule has 1 heterocycles. The Balaban J connectivity index is 1.34. The predicted molar refractivity (Wildman–Crippen MR) is 104 cm³/mol. The minimum atomic E-state index is 0.153. The van der Waals surface area contributed by atoms with Crippen molar-refractivity contribution in [2.24, 2.45) is 23.2 Å². The number of benzene rings is 1. The molecule has 1 aromatic carbocycles. The molecule has 4 heteroatoms. The van der Waals surface area contributed by atoms with Crippen LogP contribution in [0, 0.1) is 23.2 Å². The number of hydrogen-bond acceptors (Lipinski definition) is 2. The normalized spacial score (nSPS) is 39.2. The van der Waals surface area contributed by atoms with Crippen LogP contribution < -0.4 is 0 Å². The van der Waals surface area contributed by atoms with E-state index in [2.05, 4.69) is 11.0 Å². The van der Waals surface area contributed by atoms with Crippen molar-refractivity contribution in [2.45, 2.75) is 50.3 Å². The lowest BCUT2D eigenvalue weighted by Crippen LogP contribution is -2.48. The van der Waals surface area contributed by atoms with Crippen molar-refractivity contribution in [2.75, 3.05) is 12.3 Å². The smallest absolute Gasteiger partial charge is 0.224 e. The van der Waals surface area contributed by atoms with Crippen molar-refractivity contribution < 1.29 is 4.79 Å². The third-order valence-electron chi connectivity index (χ3n) is 7.04. The van der Waals surface area contributed by atoms with E-state index in [0.717, 1.165) is 41.5 Å². The van der Waals surface area contributed by atoms with Gasteiger partial charge in [-0.3, -0.25) is 4.79 Å². The van der Waals surface area contributed by atoms with E-state index in [1.165, 1.54) is 44.1 Å². The first kappa shape index (κ1) is 16.5. The minimum Gasteiger partial charge on any atom is -0.326 e. The summed E-state index contributed by atoms with van der Waals surface area (Å²) in [4.78, 5) is 15.4. The van der Waals surface area contributed by atoms with Crippen LogP contribution in [0.3, 0.4) is 0 Å². The fourth-order valence-electron chi connectivity index (χ4n) is 6.59. The third kappa shape index (κ3) is 3.02. The molecule has 0 spiro atoms. The number of rotatable bonds is 3. The van der Waals surface area contributed by atoms with Gasteiger partial charge in [0.2, 0.25) is 5.91 Å². The molecule has 1 aliphatic heterocycles. The molecule has 0 radical (unpaired) electrons. The zero-order valence-corrected chi connectivity index (χ0v) is 16.2. The molecular formula is C21H26ClNOS. The summed E-state index contributed by atoms with van der Waals surface area (Å²) in [6, 6.07) is 8.04. The molecule has 6 rings (SSSR count). The molecule has 5 fully saturated rings. The van der Waals surface area contributed by atoms with Gasteiger partial charge in [-0.15, -0.1) is 11.8 Å². The molecule has 1 aromatic rings. The van der Waals surface area contributed by atoms with E-state index < -0.39 is 0 Å². The molecule has 2 nitrogen and oxygen atoms in total. The Morgan fingerprint density at radius 3 is 2.48 bits per heavy atom. The molecule has 0 aromatic heterocycles. The molecule has 4 aliphatic carbocycles. The molecular weight excluding hydrogens is 350 g/mol. The SMILES string of the molecule is O=C(CC12CC3CC(CC(C3)C1)C2)N1CCSC1c1cccc(Cl)c1. The van der Waals surface area contributed by atoms with Crippen LogP contribution in [0.25, 0.3) is 0 Å². The Hall–Kier alpha value is -0.670. The molecule has 1 saturated heterocycles. The lowest BCUT2D eigenvalue weighted by atomic mass is 9.49. The molecule has 1 amide bonds. The number of carbonyl (C=O) groups excluding carboxylic acids is 1. The van der Waals surface area contributed by atoms with Crippen LogP contribution in [0.2, 0.25) is 5.02 Å². The molecule has 25 heavy (non-hydrogen) atoms. The zero-order valence-electron chi connectivity index (χ0n) is 14.6. The minimum absolute atomic E-state index is 0.153. The van der Waals surface area contributed by atoms with Crippen molar-refractivity contribution in [1.29, 1.82) is 0 Å². The molecule has 0 N–H and O–H groups in total. The maximum absolute atomic E-state index is 13.3. The van der Waals surface area contributed by atoms with Crippen LogP contribution in [-0.2, 0) is 4.79 Å². The molecule has 4 saturated carbocycles. The standard InChI is InChI=1S/C21H26ClNOS/c22-18-3-1-2-17(9-18)20-23(4-5-25-20)19(24)13-21-10-14-6-15(11-21)8-16(7-14)12-21/h1-3,9,14-16,20H,4-8,10-13H2. The van der Waals surface area contributed by atoms with Gasteiger partial charge in [0.1, 0.15) is 5.37 Å². The van der Waals surface area contributed by atoms with E-state index in [-0.39, 0.29) is 5.37 Å². The Kier molecular flexibility index (Phi) is 4.09. The maximum Gasteiger partial charge on any atom is 0.224 e. The summed E-state index contributed by atoms with van der Waals surface area (Å²) in [5.41, 5.74) is 1.51. The van der Waals surface area contributed by atoms with Crippen molar-refractivity contribution in [1.82, 2.24) is 4.90 Å². The highest BCUT2D eigenvalue weighted by Crippen LogP contribution is 2.61. The van der Waals surface area contributed by atoms with E-state index in [9.17, 15) is 4.79 Å². The number of carbonyl (C=O) groups is 1. The fraction of sp³-hybridized carbons (Fsp3) is 0.667. The average molecular weight is 376 g/mol. The maximum atomic E-state index is 13.3. The first-order valence-electron chi connectivity index (χ1n) is 9.77. The summed E-state index contributed by atoms with van der Waals surface area (Å²) < 4.78 is 0. The second kappa shape index (κ2) is 6.20. The monoisotopic (exact) mass is 375 g/mol. The van der Waals surface area contributed by atoms with Gasteiger partial charge in [0.15, 0.2) is 0 Å². The van der Waals surface area contributed by atoms with Crippen molar-refractivity contribution in [3.8, 4) is 0 Å². The van der Waals surface area contributed by atoms with Crippen LogP contribution in [0.1, 0.15) is 55.9 Å². The summed E-state index contributed by atoms with van der Waals surface area (Å²) in [6.07, 6.45) is 9.05. The van der Waals surface area contributed by atoms with E-state index in [1.807, 2.05) is 30.0 Å². The van der Waals surface area contributed by atoms with E-state index in [4.69, 9.17) is 11.6 Å². The lowest BCUT2D eigenvalue weighted by Gasteiger charge is -2.57. The second-order valence-electron chi connectivity index (χ2n) is 8.96. The van der Waals surface area contributed by atoms with E-state index >= 15 is 0 Å². The van der Waals surface area contributed by atoms with E-state index in [0.29, 0.717) is 11.3 Å². The topological polar surface area (TPSA) is 20.3 Å². The van der Waals surface area contributed by atoms with Gasteiger partial charge in [-0.2, -0.15) is 0 Å². The van der Waals surface area contributed by atoms with Crippen LogP contribution in [0.5, 0.6) is 0 Å². The van der Waals surface area contributed by atoms with Crippen molar-refractivity contribution >= 4 is 29.3 Å². The van der Waals surface area contributed by atoms with Crippen molar-refractivity contribution in [3.63, 3.8) is 0 Å². The van der Waals surface area contributed by atoms with Gasteiger partial charge in [-0.05, 0) is 79.4 Å². The van der Waals surface area contributed by atoms with E-state index in [1.54, 1.807) is 0 Å². The first-order valence-corrected chi connectivity index (χ1v) is 11.2. The van der Waals surface area contributed by atoms with Gasteiger partial charge in [-0.1, -0.05) is 23.7 Å². The number of amides is 1. The van der Waals surface area contributed by atoms with Gasteiger partial charge in [0.25, 0.3) is 0 Å². The summed E-state index contributed by atoms with van der Waals surface area (Å²) in [6.45, 7) is 0.882. The highest BCUT2D eigenvalue weighted by atomic mass is 35.5. The predicted octanol–water partition coefficient (Wildman–Crippen LogP) is 5.52. The number of halogens is 1. The Labute approximate surface area is 159 Å². The number of thioether (sulfide) groups is 1. The zero-order chi connectivity index (χ0) is 17.0. The third-order valence-corrected chi connectivity index (χ3v) is 8.53. The van der Waals surface area contributed by atoms with Gasteiger partial charge >= 0.3 is 0 Å². The van der Waals surface area contributed by atoms with Crippen LogP contribution in [-0.4, -0.2) is 23.1 Å². The second-order valence-corrected chi connectivity index (χ2v) is 10.6. The van der Waals surface area contributed by atoms with Gasteiger partial charge < -0.3 is 4.90 Å². The quantitative estimate of drug-likeness (QED) is 0.693. The first-order chi connectivity index (χ1) is 12.1. The van der Waals surface area contributed by atoms with Crippen LogP contribution in [0.4, 0.5) is 0 Å². The Morgan fingerprint density at radius 2 is 1.84 bits per heavy atom. The molecule has 1 atom stereocenters. The fourth-order valence-corrected chi connectivity index (χ4v) is 8.06. The van der Waals surface area contributed by atoms with Crippen molar-refractivity contribution in [3.05, 3.63) is 34.9 Å². The number of hydrogen-bond donors (Lipinski definition) is 0. The average Bonchev–Trinajstić information content (AvgIpc) is 3.03.